The molecule has 2 N–H and O–H groups in total. The molecule has 0 saturated heterocycles. The summed E-state index contributed by atoms with van der Waals surface area (Å²) >= 11 is 0. The van der Waals surface area contributed by atoms with E-state index < -0.39 is 11.9 Å². The lowest BCUT2D eigenvalue weighted by molar-refractivity contribution is -0.138. The van der Waals surface area contributed by atoms with Crippen LogP contribution in [-0.2, 0) is 29.0 Å². The molecule has 0 aliphatic rings. The molecule has 19 heavy (non-hydrogen) atoms. The van der Waals surface area contributed by atoms with E-state index in [0.717, 1.165) is 0 Å². The van der Waals surface area contributed by atoms with Gasteiger partial charge in [-0.1, -0.05) is 20.8 Å². The SMILES string of the molecule is Cc1c(CC(=O)O)nc(CC(C)(C)C)n1CC(=O)O. The Kier molecular flexibility index (Phi) is 4.34. The third kappa shape index (κ3) is 4.39. The van der Waals surface area contributed by atoms with Crippen molar-refractivity contribution in [1.29, 1.82) is 0 Å². The van der Waals surface area contributed by atoms with Gasteiger partial charge in [0.2, 0.25) is 0 Å². The van der Waals surface area contributed by atoms with Gasteiger partial charge in [-0.3, -0.25) is 9.59 Å². The molecule has 6 heteroatoms. The molecule has 0 fully saturated rings. The molecule has 0 aliphatic carbocycles. The van der Waals surface area contributed by atoms with Crippen molar-refractivity contribution in [2.75, 3.05) is 0 Å². The highest BCUT2D eigenvalue weighted by molar-refractivity contribution is 5.70. The van der Waals surface area contributed by atoms with Gasteiger partial charge in [-0.2, -0.15) is 0 Å². The van der Waals surface area contributed by atoms with E-state index in [9.17, 15) is 9.59 Å². The van der Waals surface area contributed by atoms with Gasteiger partial charge in [-0.05, 0) is 12.3 Å². The molecule has 1 aromatic heterocycles. The summed E-state index contributed by atoms with van der Waals surface area (Å²) in [4.78, 5) is 26.0. The van der Waals surface area contributed by atoms with Crippen LogP contribution in [0.3, 0.4) is 0 Å². The number of imidazole rings is 1. The highest BCUT2D eigenvalue weighted by atomic mass is 16.4. The normalized spacial score (nSPS) is 11.6. The van der Waals surface area contributed by atoms with Crippen LogP contribution in [-0.4, -0.2) is 31.7 Å². The molecule has 0 atom stereocenters. The molecular weight excluding hydrogens is 248 g/mol. The fourth-order valence-electron chi connectivity index (χ4n) is 1.91. The number of hydrogen-bond donors (Lipinski definition) is 2. The number of carboxylic acids is 2. The van der Waals surface area contributed by atoms with E-state index in [4.69, 9.17) is 10.2 Å². The van der Waals surface area contributed by atoms with Crippen LogP contribution < -0.4 is 0 Å². The summed E-state index contributed by atoms with van der Waals surface area (Å²) in [5, 5.41) is 17.8. The Morgan fingerprint density at radius 2 is 1.79 bits per heavy atom. The lowest BCUT2D eigenvalue weighted by Crippen LogP contribution is -2.18. The quantitative estimate of drug-likeness (QED) is 0.844. The lowest BCUT2D eigenvalue weighted by Gasteiger charge is -2.18. The number of aromatic nitrogens is 2. The van der Waals surface area contributed by atoms with Crippen LogP contribution in [0.1, 0.15) is 38.0 Å². The second-order valence-electron chi connectivity index (χ2n) is 5.85. The molecular formula is C13H20N2O4. The molecule has 0 amide bonds. The third-order valence-corrected chi connectivity index (χ3v) is 2.70. The van der Waals surface area contributed by atoms with Crippen LogP contribution in [0.5, 0.6) is 0 Å². The maximum absolute atomic E-state index is 10.9. The fourth-order valence-corrected chi connectivity index (χ4v) is 1.91. The maximum atomic E-state index is 10.9. The Morgan fingerprint density at radius 1 is 1.21 bits per heavy atom. The molecule has 0 spiro atoms. The molecule has 0 aliphatic heterocycles. The summed E-state index contributed by atoms with van der Waals surface area (Å²) in [5.74, 6) is -1.30. The molecule has 6 nitrogen and oxygen atoms in total. The van der Waals surface area contributed by atoms with Crippen molar-refractivity contribution in [3.63, 3.8) is 0 Å². The lowest BCUT2D eigenvalue weighted by atomic mass is 9.92. The molecule has 0 bridgehead atoms. The van der Waals surface area contributed by atoms with Crippen molar-refractivity contribution in [3.05, 3.63) is 17.2 Å². The zero-order chi connectivity index (χ0) is 14.8. The van der Waals surface area contributed by atoms with Gasteiger partial charge in [0.15, 0.2) is 0 Å². The van der Waals surface area contributed by atoms with Gasteiger partial charge in [0, 0.05) is 12.1 Å². The van der Waals surface area contributed by atoms with Gasteiger partial charge in [0.1, 0.15) is 12.4 Å². The fraction of sp³-hybridized carbons (Fsp3) is 0.615. The van der Waals surface area contributed by atoms with E-state index in [1.165, 1.54) is 0 Å². The minimum atomic E-state index is -0.967. The molecule has 0 unspecified atom stereocenters. The molecule has 1 heterocycles. The maximum Gasteiger partial charge on any atom is 0.323 e. The van der Waals surface area contributed by atoms with Gasteiger partial charge in [-0.15, -0.1) is 0 Å². The van der Waals surface area contributed by atoms with E-state index in [0.29, 0.717) is 23.6 Å². The summed E-state index contributed by atoms with van der Waals surface area (Å²) in [6, 6.07) is 0. The van der Waals surface area contributed by atoms with Gasteiger partial charge in [-0.25, -0.2) is 4.98 Å². The second kappa shape index (κ2) is 5.42. The first-order valence-electron chi connectivity index (χ1n) is 6.08. The Bertz CT molecular complexity index is 497. The van der Waals surface area contributed by atoms with Gasteiger partial charge in [0.25, 0.3) is 0 Å². The van der Waals surface area contributed by atoms with Crippen molar-refractivity contribution in [3.8, 4) is 0 Å². The summed E-state index contributed by atoms with van der Waals surface area (Å²) in [5.41, 5.74) is 1.01. The van der Waals surface area contributed by atoms with E-state index in [1.54, 1.807) is 11.5 Å². The number of hydrogen-bond acceptors (Lipinski definition) is 3. The number of nitrogens with zero attached hydrogens (tertiary/aromatic N) is 2. The van der Waals surface area contributed by atoms with Crippen LogP contribution >= 0.6 is 0 Å². The van der Waals surface area contributed by atoms with Crippen molar-refractivity contribution in [1.82, 2.24) is 9.55 Å². The van der Waals surface area contributed by atoms with Gasteiger partial charge in [0.05, 0.1) is 12.1 Å². The highest BCUT2D eigenvalue weighted by Crippen LogP contribution is 2.22. The number of carboxylic acid groups (broad SMARTS) is 2. The molecule has 1 rings (SSSR count). The van der Waals surface area contributed by atoms with Crippen LogP contribution in [0.15, 0.2) is 0 Å². The number of aliphatic carboxylic acids is 2. The predicted molar refractivity (Wildman–Crippen MR) is 69.1 cm³/mol. The van der Waals surface area contributed by atoms with E-state index in [1.807, 2.05) is 20.8 Å². The van der Waals surface area contributed by atoms with Crippen LogP contribution in [0.2, 0.25) is 0 Å². The van der Waals surface area contributed by atoms with Gasteiger partial charge < -0.3 is 14.8 Å². The molecule has 0 radical (unpaired) electrons. The van der Waals surface area contributed by atoms with E-state index in [2.05, 4.69) is 4.98 Å². The summed E-state index contributed by atoms with van der Waals surface area (Å²) in [7, 11) is 0. The zero-order valence-electron chi connectivity index (χ0n) is 11.7. The zero-order valence-corrected chi connectivity index (χ0v) is 11.7. The average Bonchev–Trinajstić information content (AvgIpc) is 2.42. The Labute approximate surface area is 112 Å². The third-order valence-electron chi connectivity index (χ3n) is 2.70. The number of rotatable bonds is 5. The minimum Gasteiger partial charge on any atom is -0.481 e. The first kappa shape index (κ1) is 15.2. The van der Waals surface area contributed by atoms with Crippen molar-refractivity contribution < 1.29 is 19.8 Å². The monoisotopic (exact) mass is 268 g/mol. The second-order valence-corrected chi connectivity index (χ2v) is 5.85. The Balaban J connectivity index is 3.18. The summed E-state index contributed by atoms with van der Waals surface area (Å²) < 4.78 is 1.59. The van der Waals surface area contributed by atoms with Crippen molar-refractivity contribution in [2.24, 2.45) is 5.41 Å². The predicted octanol–water partition coefficient (Wildman–Crippen LogP) is 1.49. The smallest absolute Gasteiger partial charge is 0.323 e. The largest absolute Gasteiger partial charge is 0.481 e. The summed E-state index contributed by atoms with van der Waals surface area (Å²) in [6.45, 7) is 7.60. The van der Waals surface area contributed by atoms with E-state index >= 15 is 0 Å². The van der Waals surface area contributed by atoms with Crippen LogP contribution in [0.25, 0.3) is 0 Å². The standard InChI is InChI=1S/C13H20N2O4/c1-8-9(5-11(16)17)14-10(6-13(2,3)4)15(8)7-12(18)19/h5-7H2,1-4H3,(H,16,17)(H,18,19). The molecule has 106 valence electrons. The number of carbonyl (C=O) groups is 2. The van der Waals surface area contributed by atoms with Gasteiger partial charge >= 0.3 is 11.9 Å². The first-order chi connectivity index (χ1) is 8.60. The topological polar surface area (TPSA) is 92.4 Å². The molecule has 0 aromatic carbocycles. The highest BCUT2D eigenvalue weighted by Gasteiger charge is 2.21. The average molecular weight is 268 g/mol. The van der Waals surface area contributed by atoms with Crippen LogP contribution in [0, 0.1) is 12.3 Å². The molecule has 0 saturated carbocycles. The minimum absolute atomic E-state index is 0.0471. The Hall–Kier alpha value is -1.85. The van der Waals surface area contributed by atoms with E-state index in [-0.39, 0.29) is 18.4 Å². The summed E-state index contributed by atoms with van der Waals surface area (Å²) in [6.07, 6.45) is 0.413. The Morgan fingerprint density at radius 3 is 2.21 bits per heavy atom. The van der Waals surface area contributed by atoms with Crippen molar-refractivity contribution >= 4 is 11.9 Å². The first-order valence-corrected chi connectivity index (χ1v) is 6.08. The van der Waals surface area contributed by atoms with Crippen molar-refractivity contribution in [2.45, 2.75) is 47.1 Å². The van der Waals surface area contributed by atoms with Crippen LogP contribution in [0.4, 0.5) is 0 Å². The molecule has 1 aromatic rings.